The Morgan fingerprint density at radius 2 is 1.87 bits per heavy atom. The van der Waals surface area contributed by atoms with Crippen LogP contribution in [0, 0.1) is 0 Å². The van der Waals surface area contributed by atoms with Gasteiger partial charge in [0.2, 0.25) is 21.9 Å². The summed E-state index contributed by atoms with van der Waals surface area (Å²) in [5.74, 6) is 0.970. The Bertz CT molecular complexity index is 958. The largest absolute Gasteiger partial charge is 0.368 e. The lowest BCUT2D eigenvalue weighted by Crippen LogP contribution is -2.60. The minimum atomic E-state index is -3.21. The van der Waals surface area contributed by atoms with Gasteiger partial charge in [-0.05, 0) is 37.0 Å². The van der Waals surface area contributed by atoms with Crippen LogP contribution in [0.4, 0.5) is 11.9 Å². The maximum atomic E-state index is 12.2. The van der Waals surface area contributed by atoms with Crippen molar-refractivity contribution in [1.82, 2.24) is 24.4 Å². The van der Waals surface area contributed by atoms with E-state index in [4.69, 9.17) is 17.3 Å². The van der Waals surface area contributed by atoms with Gasteiger partial charge in [0, 0.05) is 49.8 Å². The van der Waals surface area contributed by atoms with Crippen LogP contribution in [0.5, 0.6) is 0 Å². The van der Waals surface area contributed by atoms with Crippen molar-refractivity contribution in [1.29, 1.82) is 0 Å². The summed E-state index contributed by atoms with van der Waals surface area (Å²) in [6.45, 7) is 3.49. The number of nitrogens with two attached hydrogens (primary N) is 1. The number of rotatable bonds is 5. The summed E-state index contributed by atoms with van der Waals surface area (Å²) in [6, 6.07) is 8.35. The Morgan fingerprint density at radius 3 is 2.47 bits per heavy atom. The number of aromatic nitrogens is 3. The first-order valence-corrected chi connectivity index (χ1v) is 12.4. The molecular weight excluding hydrogens is 426 g/mol. The molecule has 164 valence electrons. The fraction of sp³-hybridized carbons (Fsp3) is 0.579. The number of sulfonamides is 1. The first-order chi connectivity index (χ1) is 14.3. The number of halogens is 1. The third-order valence-corrected chi connectivity index (χ3v) is 7.57. The second-order valence-corrected chi connectivity index (χ2v) is 10.5. The van der Waals surface area contributed by atoms with Gasteiger partial charge in [-0.15, -0.1) is 5.10 Å². The summed E-state index contributed by atoms with van der Waals surface area (Å²) >= 11 is 6.03. The molecule has 2 saturated heterocycles. The highest BCUT2D eigenvalue weighted by molar-refractivity contribution is 7.88. The molecule has 4 rings (SSSR count). The van der Waals surface area contributed by atoms with Crippen molar-refractivity contribution >= 4 is 33.5 Å². The van der Waals surface area contributed by atoms with E-state index in [1.54, 1.807) is 4.31 Å². The molecule has 3 heterocycles. The van der Waals surface area contributed by atoms with Gasteiger partial charge in [0.05, 0.1) is 6.26 Å². The Kier molecular flexibility index (Phi) is 6.19. The summed E-state index contributed by atoms with van der Waals surface area (Å²) in [5, 5.41) is 7.56. The van der Waals surface area contributed by atoms with Crippen LogP contribution in [0.3, 0.4) is 0 Å². The van der Waals surface area contributed by atoms with Gasteiger partial charge >= 0.3 is 0 Å². The smallest absolute Gasteiger partial charge is 0.246 e. The van der Waals surface area contributed by atoms with Gasteiger partial charge in [-0.3, -0.25) is 4.90 Å². The predicted molar refractivity (Wildman–Crippen MR) is 118 cm³/mol. The molecule has 2 aromatic rings. The average molecular weight is 454 g/mol. The second kappa shape index (κ2) is 8.70. The van der Waals surface area contributed by atoms with Gasteiger partial charge in [-0.25, -0.2) is 13.5 Å². The molecule has 2 aliphatic rings. The summed E-state index contributed by atoms with van der Waals surface area (Å²) < 4.78 is 25.9. The number of benzene rings is 1. The monoisotopic (exact) mass is 453 g/mol. The molecule has 0 spiro atoms. The van der Waals surface area contributed by atoms with Crippen LogP contribution in [-0.2, 0) is 16.4 Å². The number of piperidine rings is 1. The number of anilines is 2. The van der Waals surface area contributed by atoms with Crippen molar-refractivity contribution in [3.05, 3.63) is 34.9 Å². The van der Waals surface area contributed by atoms with Gasteiger partial charge in [-0.1, -0.05) is 23.7 Å². The average Bonchev–Trinajstić information content (AvgIpc) is 3.15. The van der Waals surface area contributed by atoms with Crippen LogP contribution in [0.15, 0.2) is 24.3 Å². The van der Waals surface area contributed by atoms with E-state index in [9.17, 15) is 8.42 Å². The predicted octanol–water partition coefficient (Wildman–Crippen LogP) is 1.20. The van der Waals surface area contributed by atoms with Crippen molar-refractivity contribution in [2.45, 2.75) is 31.3 Å². The number of nitrogen functional groups attached to an aromatic ring is 1. The lowest BCUT2D eigenvalue weighted by Gasteiger charge is -2.47. The van der Waals surface area contributed by atoms with E-state index < -0.39 is 10.0 Å². The molecular formula is C19H28ClN7O2S. The molecule has 0 amide bonds. The molecule has 2 fully saturated rings. The highest BCUT2D eigenvalue weighted by Crippen LogP contribution is 2.26. The minimum absolute atomic E-state index is 0.130. The normalized spacial score (nSPS) is 22.5. The van der Waals surface area contributed by atoms with Gasteiger partial charge in [-0.2, -0.15) is 9.29 Å². The Morgan fingerprint density at radius 1 is 1.17 bits per heavy atom. The third-order valence-electron chi connectivity index (χ3n) is 6.05. The molecule has 11 heteroatoms. The molecule has 1 aromatic carbocycles. The van der Waals surface area contributed by atoms with E-state index in [2.05, 4.69) is 25.0 Å². The number of H-pyrrole nitrogens is 1. The third kappa shape index (κ3) is 4.88. The van der Waals surface area contributed by atoms with E-state index in [1.165, 1.54) is 11.8 Å². The molecule has 0 saturated carbocycles. The number of hydrogen-bond donors (Lipinski definition) is 2. The first-order valence-electron chi connectivity index (χ1n) is 10.2. The molecule has 2 aliphatic heterocycles. The summed E-state index contributed by atoms with van der Waals surface area (Å²) in [6.07, 6.45) is 4.04. The molecule has 0 bridgehead atoms. The van der Waals surface area contributed by atoms with E-state index in [-0.39, 0.29) is 6.04 Å². The topological polar surface area (TPSA) is 111 Å². The zero-order chi connectivity index (χ0) is 21.3. The maximum absolute atomic E-state index is 12.2. The van der Waals surface area contributed by atoms with Gasteiger partial charge < -0.3 is 10.6 Å². The van der Waals surface area contributed by atoms with Crippen LogP contribution in [0.2, 0.25) is 5.02 Å². The fourth-order valence-electron chi connectivity index (χ4n) is 4.50. The van der Waals surface area contributed by atoms with Crippen LogP contribution in [-0.4, -0.2) is 83.9 Å². The zero-order valence-corrected chi connectivity index (χ0v) is 18.6. The molecule has 30 heavy (non-hydrogen) atoms. The van der Waals surface area contributed by atoms with E-state index >= 15 is 0 Å². The molecule has 1 unspecified atom stereocenters. The molecule has 1 atom stereocenters. The SMILES string of the molecule is CS(=O)(=O)N1CCN(C2CCN(c3n[nH]c(N)n3)CC2)C(Cc2ccc(Cl)cc2)C1. The van der Waals surface area contributed by atoms with Gasteiger partial charge in [0.25, 0.3) is 0 Å². The van der Waals surface area contributed by atoms with Crippen LogP contribution >= 0.6 is 11.6 Å². The van der Waals surface area contributed by atoms with Crippen LogP contribution in [0.25, 0.3) is 0 Å². The number of nitrogens with zero attached hydrogens (tertiary/aromatic N) is 5. The number of nitrogens with one attached hydrogen (secondary N) is 1. The van der Waals surface area contributed by atoms with Gasteiger partial charge in [0.1, 0.15) is 0 Å². The number of piperazine rings is 1. The summed E-state index contributed by atoms with van der Waals surface area (Å²) in [4.78, 5) is 8.87. The molecule has 3 N–H and O–H groups in total. The Labute approximate surface area is 182 Å². The second-order valence-electron chi connectivity index (χ2n) is 8.08. The summed E-state index contributed by atoms with van der Waals surface area (Å²) in [7, 11) is -3.21. The van der Waals surface area contributed by atoms with Crippen molar-refractivity contribution in [3.8, 4) is 0 Å². The highest BCUT2D eigenvalue weighted by atomic mass is 35.5. The quantitative estimate of drug-likeness (QED) is 0.699. The fourth-order valence-corrected chi connectivity index (χ4v) is 5.48. The molecule has 1 aromatic heterocycles. The number of aromatic amines is 1. The van der Waals surface area contributed by atoms with E-state index in [1.807, 2.05) is 24.3 Å². The molecule has 0 radical (unpaired) electrons. The van der Waals surface area contributed by atoms with Gasteiger partial charge in [0.15, 0.2) is 0 Å². The first kappa shape index (κ1) is 21.4. The minimum Gasteiger partial charge on any atom is -0.368 e. The van der Waals surface area contributed by atoms with E-state index in [0.717, 1.165) is 38.9 Å². The zero-order valence-electron chi connectivity index (χ0n) is 17.0. The lowest BCUT2D eigenvalue weighted by molar-refractivity contribution is 0.0615. The van der Waals surface area contributed by atoms with Crippen molar-refractivity contribution in [2.75, 3.05) is 49.6 Å². The Balaban J connectivity index is 1.46. The van der Waals surface area contributed by atoms with Crippen molar-refractivity contribution in [2.24, 2.45) is 0 Å². The van der Waals surface area contributed by atoms with Crippen LogP contribution < -0.4 is 10.6 Å². The lowest BCUT2D eigenvalue weighted by atomic mass is 9.96. The highest BCUT2D eigenvalue weighted by Gasteiger charge is 2.36. The standard InChI is InChI=1S/C19H28ClN7O2S/c1-30(28,29)26-10-11-27(17(13-26)12-14-2-4-15(20)5-3-14)16-6-8-25(9-7-16)19-22-18(21)23-24-19/h2-5,16-17H,6-13H2,1H3,(H3,21,22,23,24). The van der Waals surface area contributed by atoms with Crippen molar-refractivity contribution < 1.29 is 8.42 Å². The molecule has 9 nitrogen and oxygen atoms in total. The Hall–Kier alpha value is -1.88. The maximum Gasteiger partial charge on any atom is 0.246 e. The summed E-state index contributed by atoms with van der Waals surface area (Å²) in [5.41, 5.74) is 6.82. The van der Waals surface area contributed by atoms with Crippen LogP contribution in [0.1, 0.15) is 18.4 Å². The molecule has 0 aliphatic carbocycles. The number of hydrogen-bond acceptors (Lipinski definition) is 7. The van der Waals surface area contributed by atoms with E-state index in [0.29, 0.717) is 36.1 Å². The van der Waals surface area contributed by atoms with Crippen molar-refractivity contribution in [3.63, 3.8) is 0 Å².